The number of fused-ring (bicyclic) bond motifs is 1. The van der Waals surface area contributed by atoms with Gasteiger partial charge in [0.2, 0.25) is 0 Å². The smallest absolute Gasteiger partial charge is 0.143 e. The van der Waals surface area contributed by atoms with Crippen LogP contribution in [0.1, 0.15) is 18.7 Å². The van der Waals surface area contributed by atoms with Crippen LogP contribution in [-0.4, -0.2) is 27.2 Å². The number of ether oxygens (including phenoxy) is 1. The van der Waals surface area contributed by atoms with E-state index in [1.165, 1.54) is 6.42 Å². The average Bonchev–Trinajstić information content (AvgIpc) is 2.90. The molecule has 4 heteroatoms. The molecule has 2 aromatic heterocycles. The first-order valence-corrected chi connectivity index (χ1v) is 5.73. The molecule has 4 nitrogen and oxygen atoms in total. The largest absolute Gasteiger partial charge is 0.376 e. The molecule has 0 aromatic carbocycles. The third-order valence-corrected chi connectivity index (χ3v) is 3.05. The Labute approximate surface area is 94.3 Å². The Morgan fingerprint density at radius 1 is 1.56 bits per heavy atom. The number of rotatable bonds is 2. The molecule has 0 aliphatic carbocycles. The SMILES string of the molecule is Cc1ncc2ccn(CC3CCCO3)c2n1. The second-order valence-corrected chi connectivity index (χ2v) is 4.30. The molecule has 0 radical (unpaired) electrons. The molecule has 3 rings (SSSR count). The molecule has 1 unspecified atom stereocenters. The first kappa shape index (κ1) is 9.78. The van der Waals surface area contributed by atoms with Crippen LogP contribution >= 0.6 is 0 Å². The van der Waals surface area contributed by atoms with Gasteiger partial charge in [-0.25, -0.2) is 9.97 Å². The zero-order valence-electron chi connectivity index (χ0n) is 9.39. The quantitative estimate of drug-likeness (QED) is 0.771. The number of nitrogens with zero attached hydrogens (tertiary/aromatic N) is 3. The minimum Gasteiger partial charge on any atom is -0.376 e. The van der Waals surface area contributed by atoms with Crippen LogP contribution in [0.3, 0.4) is 0 Å². The fraction of sp³-hybridized carbons (Fsp3) is 0.500. The second kappa shape index (κ2) is 3.87. The lowest BCUT2D eigenvalue weighted by Crippen LogP contribution is -2.14. The summed E-state index contributed by atoms with van der Waals surface area (Å²) in [5, 5.41) is 1.10. The van der Waals surface area contributed by atoms with E-state index in [9.17, 15) is 0 Å². The minimum absolute atomic E-state index is 0.353. The molecule has 1 aliphatic rings. The first-order valence-electron chi connectivity index (χ1n) is 5.73. The van der Waals surface area contributed by atoms with Crippen LogP contribution in [0.2, 0.25) is 0 Å². The Bertz CT molecular complexity index is 500. The van der Waals surface area contributed by atoms with Gasteiger partial charge in [-0.15, -0.1) is 0 Å². The average molecular weight is 217 g/mol. The van der Waals surface area contributed by atoms with Gasteiger partial charge < -0.3 is 9.30 Å². The molecule has 0 bridgehead atoms. The van der Waals surface area contributed by atoms with Gasteiger partial charge in [0.1, 0.15) is 11.5 Å². The lowest BCUT2D eigenvalue weighted by atomic mass is 10.2. The summed E-state index contributed by atoms with van der Waals surface area (Å²) in [6, 6.07) is 2.06. The van der Waals surface area contributed by atoms with Gasteiger partial charge in [-0.1, -0.05) is 0 Å². The molecular formula is C12H15N3O. The van der Waals surface area contributed by atoms with Crippen LogP contribution in [0.5, 0.6) is 0 Å². The van der Waals surface area contributed by atoms with Crippen molar-refractivity contribution < 1.29 is 4.74 Å². The van der Waals surface area contributed by atoms with Crippen LogP contribution in [-0.2, 0) is 11.3 Å². The third-order valence-electron chi connectivity index (χ3n) is 3.05. The van der Waals surface area contributed by atoms with Crippen LogP contribution in [0.15, 0.2) is 18.5 Å². The van der Waals surface area contributed by atoms with Gasteiger partial charge in [-0.2, -0.15) is 0 Å². The van der Waals surface area contributed by atoms with Gasteiger partial charge in [-0.05, 0) is 25.8 Å². The fourth-order valence-electron chi connectivity index (χ4n) is 2.21. The molecule has 1 fully saturated rings. The van der Waals surface area contributed by atoms with Crippen molar-refractivity contribution in [2.24, 2.45) is 0 Å². The van der Waals surface area contributed by atoms with Crippen molar-refractivity contribution in [1.82, 2.24) is 14.5 Å². The molecule has 3 heterocycles. The van der Waals surface area contributed by atoms with Crippen molar-refractivity contribution in [1.29, 1.82) is 0 Å². The maximum atomic E-state index is 5.64. The number of aryl methyl sites for hydroxylation is 1. The summed E-state index contributed by atoms with van der Waals surface area (Å²) in [7, 11) is 0. The molecule has 0 amide bonds. The molecule has 84 valence electrons. The van der Waals surface area contributed by atoms with Gasteiger partial charge in [0, 0.05) is 24.4 Å². The van der Waals surface area contributed by atoms with Crippen molar-refractivity contribution >= 4 is 11.0 Å². The van der Waals surface area contributed by atoms with Crippen molar-refractivity contribution in [3.63, 3.8) is 0 Å². The Kier molecular flexibility index (Phi) is 2.36. The van der Waals surface area contributed by atoms with E-state index < -0.39 is 0 Å². The Hall–Kier alpha value is -1.42. The molecule has 2 aromatic rings. The topological polar surface area (TPSA) is 39.9 Å². The summed E-state index contributed by atoms with van der Waals surface area (Å²) in [5.74, 6) is 0.819. The molecule has 1 atom stereocenters. The van der Waals surface area contributed by atoms with E-state index in [4.69, 9.17) is 4.74 Å². The van der Waals surface area contributed by atoms with E-state index in [2.05, 4.69) is 26.8 Å². The zero-order valence-corrected chi connectivity index (χ0v) is 9.39. The van der Waals surface area contributed by atoms with E-state index in [0.29, 0.717) is 6.10 Å². The number of hydrogen-bond donors (Lipinski definition) is 0. The highest BCUT2D eigenvalue weighted by Gasteiger charge is 2.16. The predicted molar refractivity (Wildman–Crippen MR) is 61.2 cm³/mol. The number of aromatic nitrogens is 3. The predicted octanol–water partition coefficient (Wildman–Crippen LogP) is 1.92. The Balaban J connectivity index is 1.93. The maximum absolute atomic E-state index is 5.64. The van der Waals surface area contributed by atoms with Crippen molar-refractivity contribution in [3.8, 4) is 0 Å². The van der Waals surface area contributed by atoms with Crippen LogP contribution < -0.4 is 0 Å². The summed E-state index contributed by atoms with van der Waals surface area (Å²) in [4.78, 5) is 8.67. The summed E-state index contributed by atoms with van der Waals surface area (Å²) in [6.45, 7) is 3.72. The van der Waals surface area contributed by atoms with Gasteiger partial charge in [-0.3, -0.25) is 0 Å². The van der Waals surface area contributed by atoms with Gasteiger partial charge in [0.15, 0.2) is 0 Å². The molecule has 0 spiro atoms. The lowest BCUT2D eigenvalue weighted by Gasteiger charge is -2.11. The molecule has 1 aliphatic heterocycles. The molecule has 0 N–H and O–H groups in total. The van der Waals surface area contributed by atoms with E-state index >= 15 is 0 Å². The molecule has 1 saturated heterocycles. The standard InChI is InChI=1S/C12H15N3O/c1-9-13-7-10-4-5-15(12(10)14-9)8-11-3-2-6-16-11/h4-5,7,11H,2-3,6,8H2,1H3. The van der Waals surface area contributed by atoms with Crippen LogP contribution in [0.25, 0.3) is 11.0 Å². The van der Waals surface area contributed by atoms with Crippen LogP contribution in [0, 0.1) is 6.92 Å². The van der Waals surface area contributed by atoms with Crippen LogP contribution in [0.4, 0.5) is 0 Å². The zero-order chi connectivity index (χ0) is 11.0. The number of hydrogen-bond acceptors (Lipinski definition) is 3. The molecule has 16 heavy (non-hydrogen) atoms. The Morgan fingerprint density at radius 3 is 3.31 bits per heavy atom. The highest BCUT2D eigenvalue weighted by Crippen LogP contribution is 2.18. The Morgan fingerprint density at radius 2 is 2.50 bits per heavy atom. The van der Waals surface area contributed by atoms with E-state index in [0.717, 1.165) is 36.4 Å². The lowest BCUT2D eigenvalue weighted by molar-refractivity contribution is 0.0979. The monoisotopic (exact) mass is 217 g/mol. The van der Waals surface area contributed by atoms with Crippen molar-refractivity contribution in [2.45, 2.75) is 32.4 Å². The molecular weight excluding hydrogens is 202 g/mol. The normalized spacial score (nSPS) is 20.7. The van der Waals surface area contributed by atoms with Gasteiger partial charge in [0.25, 0.3) is 0 Å². The summed E-state index contributed by atoms with van der Waals surface area (Å²) >= 11 is 0. The summed E-state index contributed by atoms with van der Waals surface area (Å²) in [6.07, 6.45) is 6.64. The first-order chi connectivity index (χ1) is 7.83. The highest BCUT2D eigenvalue weighted by atomic mass is 16.5. The van der Waals surface area contributed by atoms with E-state index in [1.807, 2.05) is 13.1 Å². The minimum atomic E-state index is 0.353. The summed E-state index contributed by atoms with van der Waals surface area (Å²) in [5.41, 5.74) is 1.02. The highest BCUT2D eigenvalue weighted by molar-refractivity contribution is 5.74. The van der Waals surface area contributed by atoms with Crippen molar-refractivity contribution in [3.05, 3.63) is 24.3 Å². The van der Waals surface area contributed by atoms with E-state index in [-0.39, 0.29) is 0 Å². The maximum Gasteiger partial charge on any atom is 0.143 e. The fourth-order valence-corrected chi connectivity index (χ4v) is 2.21. The third kappa shape index (κ3) is 1.69. The van der Waals surface area contributed by atoms with E-state index in [1.54, 1.807) is 0 Å². The molecule has 0 saturated carbocycles. The van der Waals surface area contributed by atoms with Gasteiger partial charge in [0.05, 0.1) is 12.6 Å². The van der Waals surface area contributed by atoms with Gasteiger partial charge >= 0.3 is 0 Å². The van der Waals surface area contributed by atoms with Crippen molar-refractivity contribution in [2.75, 3.05) is 6.61 Å². The second-order valence-electron chi connectivity index (χ2n) is 4.30. The summed E-state index contributed by atoms with van der Waals surface area (Å²) < 4.78 is 7.81.